The maximum absolute atomic E-state index is 13.1. The lowest BCUT2D eigenvalue weighted by Gasteiger charge is -2.21. The van der Waals surface area contributed by atoms with Gasteiger partial charge >= 0.3 is 39.5 Å². The van der Waals surface area contributed by atoms with Crippen molar-refractivity contribution in [2.75, 3.05) is 39.6 Å². The molecule has 0 saturated carbocycles. The lowest BCUT2D eigenvalue weighted by molar-refractivity contribution is -0.161. The number of ether oxygens (including phenoxy) is 4. The molecule has 19 heteroatoms. The summed E-state index contributed by atoms with van der Waals surface area (Å²) in [4.78, 5) is 72.9. The van der Waals surface area contributed by atoms with E-state index in [1.54, 1.807) is 0 Å². The fraction of sp³-hybridized carbons (Fsp3) is 0.663. The van der Waals surface area contributed by atoms with Crippen LogP contribution in [0.1, 0.15) is 297 Å². The molecule has 0 aromatic carbocycles. The maximum Gasteiger partial charge on any atom is 0.472 e. The number of hydrogen-bond acceptors (Lipinski definition) is 15. The van der Waals surface area contributed by atoms with Gasteiger partial charge in [-0.2, -0.15) is 0 Å². The number of unbranched alkanes of at least 4 members (excludes halogenated alkanes) is 22. The van der Waals surface area contributed by atoms with Crippen LogP contribution in [-0.4, -0.2) is 96.7 Å². The van der Waals surface area contributed by atoms with Crippen molar-refractivity contribution in [1.82, 2.24) is 0 Å². The number of allylic oxidation sites excluding steroid dienone is 24. The molecular weight excluding hydrogens is 1330 g/mol. The number of carbonyl (C=O) groups excluding carboxylic acids is 4. The fourth-order valence-corrected chi connectivity index (χ4v) is 11.5. The fourth-order valence-electron chi connectivity index (χ4n) is 9.92. The molecule has 0 saturated heterocycles. The molecule has 0 aromatic heterocycles. The Balaban J connectivity index is 5.45. The van der Waals surface area contributed by atoms with Crippen molar-refractivity contribution in [3.05, 3.63) is 146 Å². The van der Waals surface area contributed by atoms with Crippen molar-refractivity contribution in [1.29, 1.82) is 0 Å². The Morgan fingerprint density at radius 2 is 0.549 bits per heavy atom. The van der Waals surface area contributed by atoms with Gasteiger partial charge < -0.3 is 33.8 Å². The Morgan fingerprint density at radius 1 is 0.284 bits per heavy atom. The third-order valence-electron chi connectivity index (χ3n) is 15.8. The number of carbonyl (C=O) groups is 4. The molecule has 3 N–H and O–H groups in total. The van der Waals surface area contributed by atoms with Gasteiger partial charge in [-0.3, -0.25) is 37.3 Å². The van der Waals surface area contributed by atoms with E-state index < -0.39 is 97.5 Å². The molecule has 0 amide bonds. The van der Waals surface area contributed by atoms with Gasteiger partial charge in [0.05, 0.1) is 26.4 Å². The topological polar surface area (TPSA) is 237 Å². The predicted molar refractivity (Wildman–Crippen MR) is 417 cm³/mol. The van der Waals surface area contributed by atoms with Crippen LogP contribution in [0.2, 0.25) is 0 Å². The second-order valence-corrected chi connectivity index (χ2v) is 28.4. The van der Waals surface area contributed by atoms with Gasteiger partial charge in [0.25, 0.3) is 0 Å². The minimum atomic E-state index is -5.00. The third kappa shape index (κ3) is 73.3. The number of hydrogen-bond donors (Lipinski definition) is 3. The third-order valence-corrected chi connectivity index (χ3v) is 17.7. The lowest BCUT2D eigenvalue weighted by Crippen LogP contribution is -2.30. The molecule has 0 radical (unpaired) electrons. The molecule has 0 aliphatic rings. The summed E-state index contributed by atoms with van der Waals surface area (Å²) in [6.45, 7) is 4.43. The van der Waals surface area contributed by atoms with Crippen LogP contribution < -0.4 is 0 Å². The summed E-state index contributed by atoms with van der Waals surface area (Å²) in [5.41, 5.74) is 0. The van der Waals surface area contributed by atoms with Gasteiger partial charge in [-0.1, -0.05) is 289 Å². The minimum absolute atomic E-state index is 0.0335. The monoisotopic (exact) mass is 1470 g/mol. The van der Waals surface area contributed by atoms with Crippen LogP contribution in [0, 0.1) is 0 Å². The highest BCUT2D eigenvalue weighted by Gasteiger charge is 2.30. The number of esters is 4. The Bertz CT molecular complexity index is 2510. The van der Waals surface area contributed by atoms with E-state index in [1.165, 1.54) is 64.2 Å². The van der Waals surface area contributed by atoms with E-state index in [0.29, 0.717) is 32.1 Å². The molecule has 17 nitrogen and oxygen atoms in total. The summed E-state index contributed by atoms with van der Waals surface area (Å²) in [5.74, 6) is -2.34. The summed E-state index contributed by atoms with van der Waals surface area (Å²) in [5, 5.41) is 10.6. The first-order chi connectivity index (χ1) is 49.7. The Labute approximate surface area is 617 Å². The first-order valence-corrected chi connectivity index (χ1v) is 42.1. The van der Waals surface area contributed by atoms with Crippen molar-refractivity contribution >= 4 is 39.5 Å². The standard InChI is InChI=1S/C83H138O17P2/c1-5-9-13-17-21-25-29-33-36-37-38-39-42-45-48-52-56-60-64-68-81(86)94-74-79(100-83(88)70-66-62-58-54-50-46-41-35-31-27-23-19-15-11-7-3)76-98-102(91,92)96-72-77(84)71-95-101(89,90)97-75-78(99-82(87)69-65-61-57-53-49-43-32-28-24-20-16-12-8-4)73-93-80(85)67-63-59-55-51-47-44-40-34-30-26-22-18-14-10-6-2/h9-10,13-14,16,20-22,25-26,28,32-34,36,38-40,45,47-48,51,56,60,77-79,84H,5-8,11-12,15,17-19,23-24,27,29-31,35,37,41-44,46,49-50,52-55,57-59,61-76H2,1-4H3,(H,89,90)(H,91,92)/b13-9-,14-10-,20-16-,25-21-,26-22-,32-28-,36-33-,39-38-,40-34-,48-45-,51-47-,60-56-. The number of aliphatic hydroxyl groups is 1. The normalized spacial score (nSPS) is 14.7. The second kappa shape index (κ2) is 74.2. The summed E-state index contributed by atoms with van der Waals surface area (Å²) in [6.07, 6.45) is 84.3. The Hall–Kier alpha value is -5.06. The average Bonchev–Trinajstić information content (AvgIpc) is 0.924. The van der Waals surface area contributed by atoms with Crippen LogP contribution in [-0.2, 0) is 65.4 Å². The smallest absolute Gasteiger partial charge is 0.462 e. The van der Waals surface area contributed by atoms with Crippen molar-refractivity contribution in [3.63, 3.8) is 0 Å². The molecule has 0 aliphatic heterocycles. The first-order valence-electron chi connectivity index (χ1n) is 39.1. The summed E-state index contributed by atoms with van der Waals surface area (Å²) in [6, 6.07) is 0. The van der Waals surface area contributed by atoms with E-state index in [2.05, 4.69) is 155 Å². The van der Waals surface area contributed by atoms with Crippen LogP contribution in [0.15, 0.2) is 146 Å². The number of phosphoric acid groups is 2. The average molecular weight is 1470 g/mol. The predicted octanol–water partition coefficient (Wildman–Crippen LogP) is 22.7. The molecule has 582 valence electrons. The van der Waals surface area contributed by atoms with Crippen LogP contribution in [0.5, 0.6) is 0 Å². The van der Waals surface area contributed by atoms with Crippen LogP contribution in [0.25, 0.3) is 0 Å². The second-order valence-electron chi connectivity index (χ2n) is 25.5. The van der Waals surface area contributed by atoms with Gasteiger partial charge in [0.15, 0.2) is 12.2 Å². The highest BCUT2D eigenvalue weighted by atomic mass is 31.2. The van der Waals surface area contributed by atoms with Crippen LogP contribution >= 0.6 is 15.6 Å². The molecule has 0 bridgehead atoms. The van der Waals surface area contributed by atoms with Gasteiger partial charge in [-0.05, 0) is 128 Å². The number of rotatable bonds is 72. The van der Waals surface area contributed by atoms with Gasteiger partial charge in [0.1, 0.15) is 19.3 Å². The molecule has 0 fully saturated rings. The van der Waals surface area contributed by atoms with E-state index in [1.807, 2.05) is 18.2 Å². The van der Waals surface area contributed by atoms with Crippen molar-refractivity contribution < 1.29 is 80.2 Å². The van der Waals surface area contributed by atoms with Gasteiger partial charge in [-0.25, -0.2) is 9.13 Å². The SMILES string of the molecule is CC/C=C\C/C=C\C/C=C\C/C=C\C/C=C\C/C=C\CCC(=O)OCC(COP(=O)(O)OCC(O)COP(=O)(O)OCC(COC(=O)CCCC/C=C\C/C=C\C/C=C\C/C=C\CC)OC(=O)CCCCCCC/C=C\C/C=C\CCC)OC(=O)CCCCCCCCCCCCCCCCC. The lowest BCUT2D eigenvalue weighted by atomic mass is 10.0. The zero-order chi connectivity index (χ0) is 74.6. The van der Waals surface area contributed by atoms with E-state index in [0.717, 1.165) is 148 Å². The van der Waals surface area contributed by atoms with Crippen molar-refractivity contribution in [2.24, 2.45) is 0 Å². The quantitative estimate of drug-likeness (QED) is 0.0169. The van der Waals surface area contributed by atoms with Gasteiger partial charge in [-0.15, -0.1) is 0 Å². The molecule has 0 aliphatic carbocycles. The van der Waals surface area contributed by atoms with Gasteiger partial charge in [0, 0.05) is 25.7 Å². The summed E-state index contributed by atoms with van der Waals surface area (Å²) in [7, 11) is -9.99. The van der Waals surface area contributed by atoms with E-state index in [4.69, 9.17) is 37.0 Å². The van der Waals surface area contributed by atoms with Crippen LogP contribution in [0.4, 0.5) is 0 Å². The first kappa shape index (κ1) is 96.9. The van der Waals surface area contributed by atoms with Crippen LogP contribution in [0.3, 0.4) is 0 Å². The zero-order valence-corrected chi connectivity index (χ0v) is 65.3. The number of phosphoric ester groups is 2. The molecule has 102 heavy (non-hydrogen) atoms. The highest BCUT2D eigenvalue weighted by molar-refractivity contribution is 7.47. The van der Waals surface area contributed by atoms with E-state index >= 15 is 0 Å². The summed E-state index contributed by atoms with van der Waals surface area (Å²) < 4.78 is 68.4. The zero-order valence-electron chi connectivity index (χ0n) is 63.5. The highest BCUT2D eigenvalue weighted by Crippen LogP contribution is 2.45. The largest absolute Gasteiger partial charge is 0.472 e. The van der Waals surface area contributed by atoms with E-state index in [-0.39, 0.29) is 25.7 Å². The molecule has 0 rings (SSSR count). The molecule has 0 heterocycles. The molecule has 5 unspecified atom stereocenters. The van der Waals surface area contributed by atoms with Gasteiger partial charge in [0.2, 0.25) is 0 Å². The Kier molecular flexibility index (Phi) is 70.5. The maximum atomic E-state index is 13.1. The summed E-state index contributed by atoms with van der Waals surface area (Å²) >= 11 is 0. The Morgan fingerprint density at radius 3 is 0.902 bits per heavy atom. The minimum Gasteiger partial charge on any atom is -0.462 e. The van der Waals surface area contributed by atoms with E-state index in [9.17, 15) is 43.2 Å². The van der Waals surface area contributed by atoms with Crippen molar-refractivity contribution in [2.45, 2.75) is 316 Å². The van der Waals surface area contributed by atoms with Crippen molar-refractivity contribution in [3.8, 4) is 0 Å². The molecule has 5 atom stereocenters. The molecule has 0 spiro atoms. The number of aliphatic hydroxyl groups excluding tert-OH is 1. The molecule has 0 aromatic rings. The molecular formula is C83H138O17P2.